The highest BCUT2D eigenvalue weighted by Gasteiger charge is 2.09. The molecule has 1 atom stereocenters. The molecular formula is C12H17BrN2O2. The molecule has 1 aromatic rings. The molecule has 1 rings (SSSR count). The lowest BCUT2D eigenvalue weighted by Crippen LogP contribution is -2.34. The Hall–Kier alpha value is -0.910. The Balaban J connectivity index is 2.17. The Labute approximate surface area is 109 Å². The van der Waals surface area contributed by atoms with Crippen molar-refractivity contribution in [3.05, 3.63) is 34.3 Å². The molecule has 4 N–H and O–H groups in total. The van der Waals surface area contributed by atoms with E-state index in [4.69, 9.17) is 10.8 Å². The molecule has 0 amide bonds. The van der Waals surface area contributed by atoms with Crippen LogP contribution in [0.1, 0.15) is 12.0 Å². The van der Waals surface area contributed by atoms with Crippen LogP contribution < -0.4 is 11.1 Å². The SMILES string of the molecule is NC(CCNCCc1ccccc1Br)C(=O)O. The van der Waals surface area contributed by atoms with Crippen molar-refractivity contribution in [2.24, 2.45) is 5.73 Å². The van der Waals surface area contributed by atoms with Gasteiger partial charge in [0.15, 0.2) is 0 Å². The lowest BCUT2D eigenvalue weighted by molar-refractivity contribution is -0.138. The van der Waals surface area contributed by atoms with E-state index in [0.29, 0.717) is 13.0 Å². The largest absolute Gasteiger partial charge is 0.480 e. The van der Waals surface area contributed by atoms with Gasteiger partial charge in [0.1, 0.15) is 6.04 Å². The number of benzene rings is 1. The minimum atomic E-state index is -0.947. The summed E-state index contributed by atoms with van der Waals surface area (Å²) in [7, 11) is 0. The van der Waals surface area contributed by atoms with Gasteiger partial charge in [0.2, 0.25) is 0 Å². The molecule has 0 aliphatic rings. The van der Waals surface area contributed by atoms with E-state index in [1.807, 2.05) is 18.2 Å². The van der Waals surface area contributed by atoms with Crippen LogP contribution in [0.15, 0.2) is 28.7 Å². The van der Waals surface area contributed by atoms with Gasteiger partial charge in [-0.15, -0.1) is 0 Å². The predicted octanol–water partition coefficient (Wildman–Crippen LogP) is 1.38. The maximum absolute atomic E-state index is 10.5. The van der Waals surface area contributed by atoms with E-state index < -0.39 is 12.0 Å². The molecule has 17 heavy (non-hydrogen) atoms. The highest BCUT2D eigenvalue weighted by atomic mass is 79.9. The zero-order valence-corrected chi connectivity index (χ0v) is 11.1. The Morgan fingerprint density at radius 1 is 1.41 bits per heavy atom. The third-order valence-corrected chi connectivity index (χ3v) is 3.25. The summed E-state index contributed by atoms with van der Waals surface area (Å²) in [5, 5.41) is 11.8. The number of rotatable bonds is 7. The highest BCUT2D eigenvalue weighted by Crippen LogP contribution is 2.15. The van der Waals surface area contributed by atoms with Crippen molar-refractivity contribution in [2.45, 2.75) is 18.9 Å². The third kappa shape index (κ3) is 5.30. The van der Waals surface area contributed by atoms with Gasteiger partial charge in [-0.2, -0.15) is 0 Å². The molecule has 0 spiro atoms. The van der Waals surface area contributed by atoms with Crippen LogP contribution in [-0.4, -0.2) is 30.2 Å². The van der Waals surface area contributed by atoms with Crippen molar-refractivity contribution in [3.8, 4) is 0 Å². The van der Waals surface area contributed by atoms with Gasteiger partial charge in [-0.05, 0) is 37.6 Å². The first-order valence-electron chi connectivity index (χ1n) is 5.53. The number of carboxylic acids is 1. The molecule has 1 aromatic carbocycles. The van der Waals surface area contributed by atoms with Crippen LogP contribution in [0.4, 0.5) is 0 Å². The monoisotopic (exact) mass is 300 g/mol. The van der Waals surface area contributed by atoms with Crippen LogP contribution in [0.3, 0.4) is 0 Å². The van der Waals surface area contributed by atoms with E-state index in [2.05, 4.69) is 27.3 Å². The van der Waals surface area contributed by atoms with Gasteiger partial charge >= 0.3 is 5.97 Å². The van der Waals surface area contributed by atoms with Crippen LogP contribution in [0.25, 0.3) is 0 Å². The van der Waals surface area contributed by atoms with E-state index in [-0.39, 0.29) is 0 Å². The standard InChI is InChI=1S/C12H17BrN2O2/c13-10-4-2-1-3-9(10)5-7-15-8-6-11(14)12(16)17/h1-4,11,15H,5-8,14H2,(H,16,17). The lowest BCUT2D eigenvalue weighted by atomic mass is 10.1. The molecule has 0 aliphatic carbocycles. The summed E-state index contributed by atoms with van der Waals surface area (Å²) in [4.78, 5) is 10.5. The van der Waals surface area contributed by atoms with Crippen molar-refractivity contribution in [1.82, 2.24) is 5.32 Å². The summed E-state index contributed by atoms with van der Waals surface area (Å²) < 4.78 is 1.10. The maximum Gasteiger partial charge on any atom is 0.320 e. The van der Waals surface area contributed by atoms with Gasteiger partial charge in [-0.1, -0.05) is 34.1 Å². The number of halogens is 1. The minimum absolute atomic E-state index is 0.450. The Morgan fingerprint density at radius 2 is 2.12 bits per heavy atom. The summed E-state index contributed by atoms with van der Waals surface area (Å²) in [5.74, 6) is -0.947. The molecule has 4 nitrogen and oxygen atoms in total. The number of hydrogen-bond acceptors (Lipinski definition) is 3. The van der Waals surface area contributed by atoms with E-state index in [1.165, 1.54) is 5.56 Å². The summed E-state index contributed by atoms with van der Waals surface area (Å²) in [5.41, 5.74) is 6.63. The van der Waals surface area contributed by atoms with Crippen molar-refractivity contribution < 1.29 is 9.90 Å². The van der Waals surface area contributed by atoms with E-state index >= 15 is 0 Å². The molecule has 0 fully saturated rings. The van der Waals surface area contributed by atoms with Crippen molar-refractivity contribution >= 4 is 21.9 Å². The first-order chi connectivity index (χ1) is 8.11. The predicted molar refractivity (Wildman–Crippen MR) is 70.9 cm³/mol. The molecule has 0 radical (unpaired) electrons. The lowest BCUT2D eigenvalue weighted by Gasteiger charge is -2.08. The number of nitrogens with two attached hydrogens (primary N) is 1. The Kier molecular flexibility index (Phi) is 6.18. The topological polar surface area (TPSA) is 75.3 Å². The van der Waals surface area contributed by atoms with Gasteiger partial charge in [0.05, 0.1) is 0 Å². The number of hydrogen-bond donors (Lipinski definition) is 3. The van der Waals surface area contributed by atoms with Crippen molar-refractivity contribution in [2.75, 3.05) is 13.1 Å². The second kappa shape index (κ2) is 7.42. The first-order valence-corrected chi connectivity index (χ1v) is 6.33. The Morgan fingerprint density at radius 3 is 2.76 bits per heavy atom. The molecule has 1 unspecified atom stereocenters. The summed E-state index contributed by atoms with van der Waals surface area (Å²) >= 11 is 3.48. The van der Waals surface area contributed by atoms with E-state index in [0.717, 1.165) is 17.4 Å². The van der Waals surface area contributed by atoms with Crippen LogP contribution in [-0.2, 0) is 11.2 Å². The van der Waals surface area contributed by atoms with E-state index in [1.54, 1.807) is 0 Å². The molecule has 0 aromatic heterocycles. The molecule has 0 heterocycles. The zero-order chi connectivity index (χ0) is 12.7. The van der Waals surface area contributed by atoms with Gasteiger partial charge in [-0.3, -0.25) is 4.79 Å². The first kappa shape index (κ1) is 14.2. The second-order valence-corrected chi connectivity index (χ2v) is 4.68. The van der Waals surface area contributed by atoms with Gasteiger partial charge in [0, 0.05) is 4.47 Å². The number of carboxylic acid groups (broad SMARTS) is 1. The molecule has 94 valence electrons. The fourth-order valence-electron chi connectivity index (χ4n) is 1.43. The van der Waals surface area contributed by atoms with Crippen LogP contribution in [0.5, 0.6) is 0 Å². The fraction of sp³-hybridized carbons (Fsp3) is 0.417. The molecule has 0 bridgehead atoms. The smallest absolute Gasteiger partial charge is 0.320 e. The van der Waals surface area contributed by atoms with Crippen LogP contribution in [0.2, 0.25) is 0 Å². The minimum Gasteiger partial charge on any atom is -0.480 e. The summed E-state index contributed by atoms with van der Waals surface area (Å²) in [6.45, 7) is 1.44. The molecular weight excluding hydrogens is 284 g/mol. The van der Waals surface area contributed by atoms with Gasteiger partial charge in [0.25, 0.3) is 0 Å². The summed E-state index contributed by atoms with van der Waals surface area (Å²) in [6, 6.07) is 7.28. The number of aliphatic carboxylic acids is 1. The second-order valence-electron chi connectivity index (χ2n) is 3.82. The number of carbonyl (C=O) groups is 1. The van der Waals surface area contributed by atoms with Gasteiger partial charge in [-0.25, -0.2) is 0 Å². The van der Waals surface area contributed by atoms with Crippen molar-refractivity contribution in [1.29, 1.82) is 0 Å². The quantitative estimate of drug-likeness (QED) is 0.665. The third-order valence-electron chi connectivity index (χ3n) is 2.48. The normalized spacial score (nSPS) is 12.4. The van der Waals surface area contributed by atoms with Crippen molar-refractivity contribution in [3.63, 3.8) is 0 Å². The Bertz CT molecular complexity index is 371. The fourth-order valence-corrected chi connectivity index (χ4v) is 1.91. The summed E-state index contributed by atoms with van der Waals surface area (Å²) in [6.07, 6.45) is 1.36. The van der Waals surface area contributed by atoms with E-state index in [9.17, 15) is 4.79 Å². The average molecular weight is 301 g/mol. The maximum atomic E-state index is 10.5. The van der Waals surface area contributed by atoms with Crippen LogP contribution in [0, 0.1) is 0 Å². The molecule has 0 saturated carbocycles. The van der Waals surface area contributed by atoms with Crippen LogP contribution >= 0.6 is 15.9 Å². The average Bonchev–Trinajstić information content (AvgIpc) is 2.30. The molecule has 5 heteroatoms. The zero-order valence-electron chi connectivity index (χ0n) is 9.53. The number of nitrogens with one attached hydrogen (secondary N) is 1. The highest BCUT2D eigenvalue weighted by molar-refractivity contribution is 9.10. The van der Waals surface area contributed by atoms with Gasteiger partial charge < -0.3 is 16.2 Å². The molecule has 0 saturated heterocycles. The molecule has 0 aliphatic heterocycles.